The molecule has 1 saturated heterocycles. The van der Waals surface area contributed by atoms with Gasteiger partial charge in [-0.1, -0.05) is 18.2 Å². The third-order valence-corrected chi connectivity index (χ3v) is 5.30. The molecule has 1 fully saturated rings. The molecule has 2 aromatic carbocycles. The molecule has 3 rings (SSSR count). The molecule has 150 valence electrons. The van der Waals surface area contributed by atoms with E-state index >= 15 is 0 Å². The summed E-state index contributed by atoms with van der Waals surface area (Å²) in [6.45, 7) is 8.23. The van der Waals surface area contributed by atoms with Crippen LogP contribution in [0.3, 0.4) is 0 Å². The summed E-state index contributed by atoms with van der Waals surface area (Å²) in [6.07, 6.45) is 2.88. The summed E-state index contributed by atoms with van der Waals surface area (Å²) in [5.41, 5.74) is 3.27. The number of rotatable bonds is 9. The van der Waals surface area contributed by atoms with Gasteiger partial charge in [0.15, 0.2) is 6.29 Å². The van der Waals surface area contributed by atoms with Gasteiger partial charge in [-0.2, -0.15) is 0 Å². The van der Waals surface area contributed by atoms with E-state index in [9.17, 15) is 4.79 Å². The second kappa shape index (κ2) is 10.1. The minimum absolute atomic E-state index is 0.563. The minimum atomic E-state index is 0.563. The van der Waals surface area contributed by atoms with Crippen molar-refractivity contribution < 1.29 is 14.3 Å². The van der Waals surface area contributed by atoms with E-state index in [4.69, 9.17) is 9.47 Å². The topological polar surface area (TPSA) is 42.0 Å². The maximum atomic E-state index is 11.1. The summed E-state index contributed by atoms with van der Waals surface area (Å²) in [4.78, 5) is 16.2. The van der Waals surface area contributed by atoms with Gasteiger partial charge in [-0.05, 0) is 50.1 Å². The standard InChI is InChI=1S/C23H30N2O3/c1-19-7-3-4-8-22(19)25-14-12-24(13-15-25)11-5-6-16-28-23-17-21(27-2)10-9-20(23)18-26/h3-4,7-10,17-18H,5-6,11-16H2,1-2H3. The van der Waals surface area contributed by atoms with Gasteiger partial charge >= 0.3 is 0 Å². The third-order valence-electron chi connectivity index (χ3n) is 5.30. The largest absolute Gasteiger partial charge is 0.497 e. The zero-order valence-electron chi connectivity index (χ0n) is 16.9. The van der Waals surface area contributed by atoms with Crippen molar-refractivity contribution in [2.24, 2.45) is 0 Å². The average molecular weight is 383 g/mol. The number of hydrogen-bond acceptors (Lipinski definition) is 5. The predicted molar refractivity (Wildman–Crippen MR) is 113 cm³/mol. The van der Waals surface area contributed by atoms with Crippen LogP contribution in [0.25, 0.3) is 0 Å². The fourth-order valence-corrected chi connectivity index (χ4v) is 3.61. The fraction of sp³-hybridized carbons (Fsp3) is 0.435. The number of ether oxygens (including phenoxy) is 2. The van der Waals surface area contributed by atoms with Crippen molar-refractivity contribution in [1.82, 2.24) is 4.90 Å². The van der Waals surface area contributed by atoms with Gasteiger partial charge in [-0.3, -0.25) is 9.69 Å². The molecule has 0 spiro atoms. The Balaban J connectivity index is 1.37. The highest BCUT2D eigenvalue weighted by molar-refractivity contribution is 5.79. The lowest BCUT2D eigenvalue weighted by Gasteiger charge is -2.36. The number of benzene rings is 2. The number of aryl methyl sites for hydroxylation is 1. The normalized spacial score (nSPS) is 14.7. The molecule has 0 radical (unpaired) electrons. The number of methoxy groups -OCH3 is 1. The summed E-state index contributed by atoms with van der Waals surface area (Å²) in [6, 6.07) is 13.9. The highest BCUT2D eigenvalue weighted by Crippen LogP contribution is 2.24. The van der Waals surface area contributed by atoms with Crippen molar-refractivity contribution in [2.75, 3.05) is 51.3 Å². The van der Waals surface area contributed by atoms with Crippen LogP contribution in [0.5, 0.6) is 11.5 Å². The lowest BCUT2D eigenvalue weighted by Crippen LogP contribution is -2.46. The number of carbonyl (C=O) groups is 1. The van der Waals surface area contributed by atoms with Crippen LogP contribution in [0.2, 0.25) is 0 Å². The van der Waals surface area contributed by atoms with E-state index in [2.05, 4.69) is 41.0 Å². The fourth-order valence-electron chi connectivity index (χ4n) is 3.61. The van der Waals surface area contributed by atoms with Crippen LogP contribution in [-0.2, 0) is 0 Å². The van der Waals surface area contributed by atoms with E-state index in [1.54, 1.807) is 25.3 Å². The zero-order valence-corrected chi connectivity index (χ0v) is 16.9. The summed E-state index contributed by atoms with van der Waals surface area (Å²) in [5, 5.41) is 0. The molecule has 5 heteroatoms. The molecule has 1 heterocycles. The maximum absolute atomic E-state index is 11.1. The Labute approximate surface area is 167 Å². The van der Waals surface area contributed by atoms with Crippen LogP contribution in [0.15, 0.2) is 42.5 Å². The van der Waals surface area contributed by atoms with Crippen LogP contribution in [0.1, 0.15) is 28.8 Å². The molecule has 5 nitrogen and oxygen atoms in total. The zero-order chi connectivity index (χ0) is 19.8. The summed E-state index contributed by atoms with van der Waals surface area (Å²) in [7, 11) is 1.61. The van der Waals surface area contributed by atoms with Crippen molar-refractivity contribution in [3.8, 4) is 11.5 Å². The average Bonchev–Trinajstić information content (AvgIpc) is 2.74. The maximum Gasteiger partial charge on any atom is 0.153 e. The third kappa shape index (κ3) is 5.26. The Kier molecular flexibility index (Phi) is 7.31. The quantitative estimate of drug-likeness (QED) is 0.487. The minimum Gasteiger partial charge on any atom is -0.497 e. The van der Waals surface area contributed by atoms with Gasteiger partial charge in [0.1, 0.15) is 11.5 Å². The van der Waals surface area contributed by atoms with E-state index in [0.717, 1.165) is 51.9 Å². The van der Waals surface area contributed by atoms with Crippen molar-refractivity contribution in [3.63, 3.8) is 0 Å². The number of carbonyl (C=O) groups excluding carboxylic acids is 1. The van der Waals surface area contributed by atoms with Gasteiger partial charge < -0.3 is 14.4 Å². The lowest BCUT2D eigenvalue weighted by atomic mass is 10.1. The number of hydrogen-bond donors (Lipinski definition) is 0. The number of piperazine rings is 1. The molecule has 0 atom stereocenters. The van der Waals surface area contributed by atoms with E-state index in [0.29, 0.717) is 23.7 Å². The Morgan fingerprint density at radius 1 is 1.04 bits per heavy atom. The van der Waals surface area contributed by atoms with Crippen molar-refractivity contribution in [1.29, 1.82) is 0 Å². The first-order valence-electron chi connectivity index (χ1n) is 10.00. The molecule has 0 N–H and O–H groups in total. The molecule has 0 amide bonds. The van der Waals surface area contributed by atoms with Crippen LogP contribution in [0.4, 0.5) is 5.69 Å². The smallest absolute Gasteiger partial charge is 0.153 e. The first kappa shape index (κ1) is 20.2. The molecule has 2 aromatic rings. The molecule has 0 unspecified atom stereocenters. The molecule has 1 aliphatic rings. The highest BCUT2D eigenvalue weighted by Gasteiger charge is 2.17. The van der Waals surface area contributed by atoms with Crippen molar-refractivity contribution >= 4 is 12.0 Å². The number of unbranched alkanes of at least 4 members (excludes halogenated alkanes) is 1. The summed E-state index contributed by atoms with van der Waals surface area (Å²) in [5.74, 6) is 1.30. The van der Waals surface area contributed by atoms with Gasteiger partial charge in [0.2, 0.25) is 0 Å². The number of nitrogens with zero attached hydrogens (tertiary/aromatic N) is 2. The molecule has 1 aliphatic heterocycles. The van der Waals surface area contributed by atoms with Gasteiger partial charge in [0, 0.05) is 37.9 Å². The Morgan fingerprint density at radius 3 is 2.54 bits per heavy atom. The predicted octanol–water partition coefficient (Wildman–Crippen LogP) is 3.80. The molecule has 0 saturated carbocycles. The van der Waals surface area contributed by atoms with E-state index in [1.807, 2.05) is 0 Å². The molecular formula is C23H30N2O3. The molecule has 0 bridgehead atoms. The summed E-state index contributed by atoms with van der Waals surface area (Å²) >= 11 is 0. The van der Waals surface area contributed by atoms with E-state index < -0.39 is 0 Å². The number of anilines is 1. The van der Waals surface area contributed by atoms with Crippen LogP contribution < -0.4 is 14.4 Å². The monoisotopic (exact) mass is 382 g/mol. The Morgan fingerprint density at radius 2 is 1.82 bits per heavy atom. The van der Waals surface area contributed by atoms with E-state index in [1.165, 1.54) is 11.3 Å². The lowest BCUT2D eigenvalue weighted by molar-refractivity contribution is 0.111. The first-order chi connectivity index (χ1) is 13.7. The first-order valence-corrected chi connectivity index (χ1v) is 10.00. The summed E-state index contributed by atoms with van der Waals surface area (Å²) < 4.78 is 11.0. The molecule has 28 heavy (non-hydrogen) atoms. The number of aldehydes is 1. The van der Waals surface area contributed by atoms with Gasteiger partial charge in [-0.25, -0.2) is 0 Å². The number of para-hydroxylation sites is 1. The molecule has 0 aliphatic carbocycles. The van der Waals surface area contributed by atoms with E-state index in [-0.39, 0.29) is 0 Å². The molecular weight excluding hydrogens is 352 g/mol. The Hall–Kier alpha value is -2.53. The van der Waals surface area contributed by atoms with Crippen LogP contribution in [0, 0.1) is 6.92 Å². The Bertz CT molecular complexity index is 770. The molecule has 0 aromatic heterocycles. The van der Waals surface area contributed by atoms with Crippen molar-refractivity contribution in [3.05, 3.63) is 53.6 Å². The van der Waals surface area contributed by atoms with Gasteiger partial charge in [0.05, 0.1) is 19.3 Å². The second-order valence-electron chi connectivity index (χ2n) is 7.19. The SMILES string of the molecule is COc1ccc(C=O)c(OCCCCN2CCN(c3ccccc3C)CC2)c1. The van der Waals surface area contributed by atoms with Gasteiger partial charge in [0.25, 0.3) is 0 Å². The van der Waals surface area contributed by atoms with Gasteiger partial charge in [-0.15, -0.1) is 0 Å². The van der Waals surface area contributed by atoms with Crippen LogP contribution in [-0.4, -0.2) is 57.6 Å². The highest BCUT2D eigenvalue weighted by atomic mass is 16.5. The van der Waals surface area contributed by atoms with Crippen LogP contribution >= 0.6 is 0 Å². The van der Waals surface area contributed by atoms with Crippen molar-refractivity contribution in [2.45, 2.75) is 19.8 Å². The second-order valence-corrected chi connectivity index (χ2v) is 7.19.